The minimum absolute atomic E-state index is 0.192. The Bertz CT molecular complexity index is 717. The standard InChI is InChI=1S/C19H21F2NO/c1-11-8-15(20)9-12(2)18(11)14-7-13(3)19(21)16(10-14)17(22-4)5-6-23/h6-10,17,22H,5H2,1-4H3/t17-/m0/s1. The molecule has 0 radical (unpaired) electrons. The molecule has 2 nitrogen and oxygen atoms in total. The van der Waals surface area contributed by atoms with Crippen molar-refractivity contribution in [2.45, 2.75) is 33.2 Å². The van der Waals surface area contributed by atoms with E-state index >= 15 is 0 Å². The van der Waals surface area contributed by atoms with Gasteiger partial charge in [-0.1, -0.05) is 0 Å². The van der Waals surface area contributed by atoms with E-state index in [1.807, 2.05) is 13.8 Å². The number of hydrogen-bond donors (Lipinski definition) is 1. The second-order valence-electron chi connectivity index (χ2n) is 5.85. The van der Waals surface area contributed by atoms with Crippen molar-refractivity contribution in [2.75, 3.05) is 7.05 Å². The fraction of sp³-hybridized carbons (Fsp3) is 0.316. The van der Waals surface area contributed by atoms with Gasteiger partial charge in [0, 0.05) is 18.0 Å². The van der Waals surface area contributed by atoms with E-state index in [1.54, 1.807) is 26.1 Å². The monoisotopic (exact) mass is 317 g/mol. The lowest BCUT2D eigenvalue weighted by Gasteiger charge is -2.19. The average molecular weight is 317 g/mol. The summed E-state index contributed by atoms with van der Waals surface area (Å²) in [5.74, 6) is -0.593. The van der Waals surface area contributed by atoms with Crippen molar-refractivity contribution in [1.29, 1.82) is 0 Å². The van der Waals surface area contributed by atoms with Crippen molar-refractivity contribution >= 4 is 6.29 Å². The van der Waals surface area contributed by atoms with Crippen LogP contribution in [0.25, 0.3) is 11.1 Å². The second kappa shape index (κ2) is 7.01. The van der Waals surface area contributed by atoms with Crippen LogP contribution < -0.4 is 5.32 Å². The van der Waals surface area contributed by atoms with Crippen molar-refractivity contribution in [2.24, 2.45) is 0 Å². The zero-order valence-electron chi connectivity index (χ0n) is 13.8. The molecule has 0 aliphatic carbocycles. The van der Waals surface area contributed by atoms with Crippen LogP contribution in [-0.2, 0) is 4.79 Å². The van der Waals surface area contributed by atoms with Crippen LogP contribution in [0, 0.1) is 32.4 Å². The summed E-state index contributed by atoms with van der Waals surface area (Å²) >= 11 is 0. The molecule has 2 rings (SSSR count). The summed E-state index contributed by atoms with van der Waals surface area (Å²) in [5, 5.41) is 2.97. The molecule has 2 aromatic carbocycles. The molecule has 0 saturated heterocycles. The van der Waals surface area contributed by atoms with Crippen LogP contribution in [0.2, 0.25) is 0 Å². The first-order valence-corrected chi connectivity index (χ1v) is 7.57. The SMILES string of the molecule is CN[C@@H](CC=O)c1cc(-c2c(C)cc(F)cc2C)cc(C)c1F. The Morgan fingerprint density at radius 3 is 2.17 bits per heavy atom. The van der Waals surface area contributed by atoms with E-state index in [2.05, 4.69) is 5.32 Å². The Labute approximate surface area is 135 Å². The number of benzene rings is 2. The van der Waals surface area contributed by atoms with Crippen LogP contribution in [0.4, 0.5) is 8.78 Å². The number of hydrogen-bond acceptors (Lipinski definition) is 2. The Hall–Kier alpha value is -2.07. The fourth-order valence-electron chi connectivity index (χ4n) is 3.06. The molecule has 0 spiro atoms. The van der Waals surface area contributed by atoms with Gasteiger partial charge in [-0.3, -0.25) is 0 Å². The zero-order valence-corrected chi connectivity index (χ0v) is 13.8. The van der Waals surface area contributed by atoms with Crippen molar-refractivity contribution in [3.05, 3.63) is 58.2 Å². The molecular weight excluding hydrogens is 296 g/mol. The van der Waals surface area contributed by atoms with Gasteiger partial charge in [0.05, 0.1) is 0 Å². The first-order chi connectivity index (χ1) is 10.9. The Morgan fingerprint density at radius 1 is 1.04 bits per heavy atom. The molecule has 1 atom stereocenters. The van der Waals surface area contributed by atoms with Crippen LogP contribution in [-0.4, -0.2) is 13.3 Å². The summed E-state index contributed by atoms with van der Waals surface area (Å²) in [5.41, 5.74) is 4.30. The van der Waals surface area contributed by atoms with E-state index in [0.717, 1.165) is 28.5 Å². The van der Waals surface area contributed by atoms with Crippen LogP contribution in [0.15, 0.2) is 24.3 Å². The number of nitrogens with one attached hydrogen (secondary N) is 1. The summed E-state index contributed by atoms with van der Waals surface area (Å²) in [7, 11) is 1.70. The van der Waals surface area contributed by atoms with Gasteiger partial charge in [-0.2, -0.15) is 0 Å². The quantitative estimate of drug-likeness (QED) is 0.828. The molecule has 0 bridgehead atoms. The molecule has 23 heavy (non-hydrogen) atoms. The van der Waals surface area contributed by atoms with Gasteiger partial charge in [0.2, 0.25) is 0 Å². The number of aldehydes is 1. The Kier molecular flexibility index (Phi) is 5.26. The minimum atomic E-state index is -0.382. The molecule has 0 saturated carbocycles. The van der Waals surface area contributed by atoms with Gasteiger partial charge < -0.3 is 10.1 Å². The van der Waals surface area contributed by atoms with Gasteiger partial charge in [-0.05, 0) is 79.9 Å². The molecule has 0 unspecified atom stereocenters. The summed E-state index contributed by atoms with van der Waals surface area (Å²) in [6.07, 6.45) is 0.967. The lowest BCUT2D eigenvalue weighted by atomic mass is 9.90. The van der Waals surface area contributed by atoms with Gasteiger partial charge in [0.1, 0.15) is 17.9 Å². The summed E-state index contributed by atoms with van der Waals surface area (Å²) in [4.78, 5) is 10.8. The molecule has 0 aliphatic rings. The maximum Gasteiger partial charge on any atom is 0.130 e. The van der Waals surface area contributed by atoms with Gasteiger partial charge in [0.25, 0.3) is 0 Å². The molecule has 1 N–H and O–H groups in total. The van der Waals surface area contributed by atoms with Crippen LogP contribution in [0.1, 0.15) is 34.7 Å². The molecule has 0 aromatic heterocycles. The van der Waals surface area contributed by atoms with E-state index in [-0.39, 0.29) is 24.1 Å². The lowest BCUT2D eigenvalue weighted by molar-refractivity contribution is -0.108. The number of carbonyl (C=O) groups is 1. The summed E-state index contributed by atoms with van der Waals surface area (Å²) < 4.78 is 28.0. The van der Waals surface area contributed by atoms with Gasteiger partial charge in [-0.25, -0.2) is 8.78 Å². The highest BCUT2D eigenvalue weighted by molar-refractivity contribution is 5.72. The molecule has 122 valence electrons. The molecule has 2 aromatic rings. The third-order valence-corrected chi connectivity index (χ3v) is 4.12. The summed E-state index contributed by atoms with van der Waals surface area (Å²) in [6, 6.07) is 6.08. The highest BCUT2D eigenvalue weighted by Gasteiger charge is 2.18. The van der Waals surface area contributed by atoms with Crippen molar-refractivity contribution in [3.8, 4) is 11.1 Å². The number of carbonyl (C=O) groups excluding carboxylic acids is 1. The minimum Gasteiger partial charge on any atom is -0.313 e. The van der Waals surface area contributed by atoms with E-state index in [9.17, 15) is 13.6 Å². The van der Waals surface area contributed by atoms with Gasteiger partial charge in [0.15, 0.2) is 0 Å². The van der Waals surface area contributed by atoms with Crippen LogP contribution in [0.5, 0.6) is 0 Å². The van der Waals surface area contributed by atoms with Crippen LogP contribution in [0.3, 0.4) is 0 Å². The number of rotatable bonds is 5. The zero-order chi connectivity index (χ0) is 17.1. The fourth-order valence-corrected chi connectivity index (χ4v) is 3.06. The molecule has 0 amide bonds. The third-order valence-electron chi connectivity index (χ3n) is 4.12. The molecule has 0 heterocycles. The van der Waals surface area contributed by atoms with Crippen LogP contribution >= 0.6 is 0 Å². The second-order valence-corrected chi connectivity index (χ2v) is 5.85. The first-order valence-electron chi connectivity index (χ1n) is 7.57. The smallest absolute Gasteiger partial charge is 0.130 e. The maximum absolute atomic E-state index is 14.5. The molecule has 0 aliphatic heterocycles. The molecule has 4 heteroatoms. The Balaban J connectivity index is 2.66. The molecule has 0 fully saturated rings. The number of aryl methyl sites for hydroxylation is 3. The van der Waals surface area contributed by atoms with Crippen molar-refractivity contribution in [1.82, 2.24) is 5.32 Å². The summed E-state index contributed by atoms with van der Waals surface area (Å²) in [6.45, 7) is 5.37. The average Bonchev–Trinajstić information content (AvgIpc) is 2.47. The number of halogens is 2. The maximum atomic E-state index is 14.5. The topological polar surface area (TPSA) is 29.1 Å². The van der Waals surface area contributed by atoms with E-state index < -0.39 is 0 Å². The van der Waals surface area contributed by atoms with E-state index in [4.69, 9.17) is 0 Å². The third kappa shape index (κ3) is 3.48. The highest BCUT2D eigenvalue weighted by Crippen LogP contribution is 2.33. The van der Waals surface area contributed by atoms with Crippen molar-refractivity contribution in [3.63, 3.8) is 0 Å². The van der Waals surface area contributed by atoms with Gasteiger partial charge in [-0.15, -0.1) is 0 Å². The predicted molar refractivity (Wildman–Crippen MR) is 88.5 cm³/mol. The molecular formula is C19H21F2NO. The van der Waals surface area contributed by atoms with Crippen molar-refractivity contribution < 1.29 is 13.6 Å². The predicted octanol–water partition coefficient (Wildman–Crippen LogP) is 4.41. The first kappa shape index (κ1) is 17.3. The highest BCUT2D eigenvalue weighted by atomic mass is 19.1. The largest absolute Gasteiger partial charge is 0.313 e. The lowest BCUT2D eigenvalue weighted by Crippen LogP contribution is -2.18. The Morgan fingerprint density at radius 2 is 1.65 bits per heavy atom. The van der Waals surface area contributed by atoms with Gasteiger partial charge >= 0.3 is 0 Å². The van der Waals surface area contributed by atoms with E-state index in [1.165, 1.54) is 12.1 Å². The normalized spacial score (nSPS) is 12.3. The van der Waals surface area contributed by atoms with E-state index in [0.29, 0.717) is 11.1 Å².